The van der Waals surface area contributed by atoms with Crippen LogP contribution in [0.1, 0.15) is 23.2 Å². The Morgan fingerprint density at radius 3 is 2.52 bits per heavy atom. The normalized spacial score (nSPS) is 10.7. The second-order valence-electron chi connectivity index (χ2n) is 5.11. The predicted molar refractivity (Wildman–Crippen MR) is 91.0 cm³/mol. The molecule has 0 aliphatic carbocycles. The number of tetrazole rings is 1. The van der Waals surface area contributed by atoms with Gasteiger partial charge < -0.3 is 0 Å². The molecule has 6 heteroatoms. The number of aromatic nitrogens is 4. The second kappa shape index (κ2) is 7.28. The molecule has 0 spiro atoms. The van der Waals surface area contributed by atoms with Crippen LogP contribution in [0.25, 0.3) is 11.4 Å². The van der Waals surface area contributed by atoms with Crippen LogP contribution in [0.5, 0.6) is 0 Å². The third-order valence-corrected chi connectivity index (χ3v) is 3.94. The molecule has 3 aromatic rings. The highest BCUT2D eigenvalue weighted by Crippen LogP contribution is 2.17. The molecule has 0 radical (unpaired) electrons. The first-order chi connectivity index (χ1) is 11.2. The number of ketones is 1. The monoisotopic (exact) mass is 370 g/mol. The maximum Gasteiger partial charge on any atom is 0.204 e. The number of hydrogen-bond donors (Lipinski definition) is 0. The Bertz CT molecular complexity index is 784. The largest absolute Gasteiger partial charge is 0.294 e. The van der Waals surface area contributed by atoms with Crippen molar-refractivity contribution in [2.24, 2.45) is 0 Å². The average Bonchev–Trinajstić information content (AvgIpc) is 3.05. The fraction of sp³-hybridized carbons (Fsp3) is 0.176. The molecule has 0 N–H and O–H groups in total. The van der Waals surface area contributed by atoms with Gasteiger partial charge in [0.1, 0.15) is 0 Å². The Kier molecular flexibility index (Phi) is 4.92. The van der Waals surface area contributed by atoms with Crippen molar-refractivity contribution in [3.8, 4) is 11.4 Å². The number of carbonyl (C=O) groups excluding carboxylic acids is 1. The smallest absolute Gasteiger partial charge is 0.204 e. The summed E-state index contributed by atoms with van der Waals surface area (Å²) in [6.07, 6.45) is 1.16. The summed E-state index contributed by atoms with van der Waals surface area (Å²) in [7, 11) is 0. The summed E-state index contributed by atoms with van der Waals surface area (Å²) < 4.78 is 1.01. The summed E-state index contributed by atoms with van der Waals surface area (Å²) in [5.74, 6) is 0.728. The van der Waals surface area contributed by atoms with Gasteiger partial charge in [0, 0.05) is 22.0 Å². The van der Waals surface area contributed by atoms with Crippen molar-refractivity contribution in [2.45, 2.75) is 19.4 Å². The van der Waals surface area contributed by atoms with E-state index < -0.39 is 0 Å². The van der Waals surface area contributed by atoms with Gasteiger partial charge in [0.15, 0.2) is 5.78 Å². The Morgan fingerprint density at radius 1 is 1.04 bits per heavy atom. The third-order valence-electron chi connectivity index (χ3n) is 3.41. The summed E-state index contributed by atoms with van der Waals surface area (Å²) in [4.78, 5) is 13.6. The average molecular weight is 371 g/mol. The van der Waals surface area contributed by atoms with E-state index in [1.54, 1.807) is 0 Å². The molecule has 0 atom stereocenters. The van der Waals surface area contributed by atoms with E-state index in [0.717, 1.165) is 15.6 Å². The van der Waals surface area contributed by atoms with Gasteiger partial charge in [-0.2, -0.15) is 4.80 Å². The number of nitrogens with zero attached hydrogens (tertiary/aromatic N) is 4. The summed E-state index contributed by atoms with van der Waals surface area (Å²) >= 11 is 3.40. The van der Waals surface area contributed by atoms with E-state index in [0.29, 0.717) is 25.2 Å². The van der Waals surface area contributed by atoms with Gasteiger partial charge in [-0.1, -0.05) is 46.3 Å². The summed E-state index contributed by atoms with van der Waals surface area (Å²) in [6, 6.07) is 17.1. The van der Waals surface area contributed by atoms with Crippen LogP contribution in [-0.4, -0.2) is 26.0 Å². The quantitative estimate of drug-likeness (QED) is 0.619. The third kappa shape index (κ3) is 4.10. The first-order valence-electron chi connectivity index (χ1n) is 7.34. The Labute approximate surface area is 142 Å². The molecule has 2 aromatic carbocycles. The SMILES string of the molecule is O=C(CCCn1nnc(-c2ccc(Br)cc2)n1)c1ccccc1. The number of carbonyl (C=O) groups is 1. The molecule has 0 amide bonds. The number of benzene rings is 2. The lowest BCUT2D eigenvalue weighted by atomic mass is 10.1. The van der Waals surface area contributed by atoms with E-state index >= 15 is 0 Å². The number of rotatable bonds is 6. The van der Waals surface area contributed by atoms with Crippen LogP contribution >= 0.6 is 15.9 Å². The van der Waals surface area contributed by atoms with Crippen LogP contribution in [0.2, 0.25) is 0 Å². The Hall–Kier alpha value is -2.34. The molecule has 0 saturated heterocycles. The van der Waals surface area contributed by atoms with Gasteiger partial charge in [-0.25, -0.2) is 0 Å². The number of aryl methyl sites for hydroxylation is 1. The van der Waals surface area contributed by atoms with Gasteiger partial charge in [-0.15, -0.1) is 10.2 Å². The molecule has 0 aliphatic rings. The van der Waals surface area contributed by atoms with Gasteiger partial charge in [0.25, 0.3) is 0 Å². The van der Waals surface area contributed by atoms with Crippen molar-refractivity contribution in [2.75, 3.05) is 0 Å². The summed E-state index contributed by atoms with van der Waals surface area (Å²) in [5, 5.41) is 12.4. The van der Waals surface area contributed by atoms with E-state index in [1.807, 2.05) is 54.6 Å². The molecule has 116 valence electrons. The standard InChI is InChI=1S/C17H15BrN4O/c18-15-10-8-14(9-11-15)17-19-21-22(20-17)12-4-7-16(23)13-5-2-1-3-6-13/h1-3,5-6,8-11H,4,7,12H2. The second-order valence-corrected chi connectivity index (χ2v) is 6.02. The molecule has 3 rings (SSSR count). The van der Waals surface area contributed by atoms with Gasteiger partial charge in [-0.05, 0) is 35.9 Å². The van der Waals surface area contributed by atoms with Gasteiger partial charge in [0.2, 0.25) is 5.82 Å². The Morgan fingerprint density at radius 2 is 1.78 bits per heavy atom. The number of halogens is 1. The van der Waals surface area contributed by atoms with Crippen molar-refractivity contribution in [1.82, 2.24) is 20.2 Å². The van der Waals surface area contributed by atoms with E-state index in [4.69, 9.17) is 0 Å². The molecule has 0 unspecified atom stereocenters. The molecule has 1 heterocycles. The van der Waals surface area contributed by atoms with E-state index in [2.05, 4.69) is 31.3 Å². The van der Waals surface area contributed by atoms with E-state index in [9.17, 15) is 4.79 Å². The van der Waals surface area contributed by atoms with E-state index in [1.165, 1.54) is 4.80 Å². The van der Waals surface area contributed by atoms with Crippen LogP contribution in [0.3, 0.4) is 0 Å². The van der Waals surface area contributed by atoms with Crippen LogP contribution in [0, 0.1) is 0 Å². The maximum absolute atomic E-state index is 12.0. The minimum Gasteiger partial charge on any atom is -0.294 e. The van der Waals surface area contributed by atoms with Crippen LogP contribution in [-0.2, 0) is 6.54 Å². The van der Waals surface area contributed by atoms with E-state index in [-0.39, 0.29) is 5.78 Å². The molecule has 0 bridgehead atoms. The Balaban J connectivity index is 1.55. The maximum atomic E-state index is 12.0. The lowest BCUT2D eigenvalue weighted by molar-refractivity contribution is 0.0977. The van der Waals surface area contributed by atoms with Crippen molar-refractivity contribution in [1.29, 1.82) is 0 Å². The van der Waals surface area contributed by atoms with Crippen molar-refractivity contribution >= 4 is 21.7 Å². The molecular formula is C17H15BrN4O. The molecule has 0 aliphatic heterocycles. The van der Waals surface area contributed by atoms with Crippen LogP contribution in [0.15, 0.2) is 59.1 Å². The summed E-state index contributed by atoms with van der Waals surface area (Å²) in [6.45, 7) is 0.572. The van der Waals surface area contributed by atoms with Gasteiger partial charge in [0.05, 0.1) is 6.54 Å². The summed E-state index contributed by atoms with van der Waals surface area (Å²) in [5.41, 5.74) is 1.66. The minimum atomic E-state index is 0.138. The van der Waals surface area contributed by atoms with Gasteiger partial charge in [-0.3, -0.25) is 4.79 Å². The fourth-order valence-electron chi connectivity index (χ4n) is 2.20. The number of Topliss-reactive ketones (excluding diaryl/α,β-unsaturated/α-hetero) is 1. The van der Waals surface area contributed by atoms with Crippen LogP contribution < -0.4 is 0 Å². The van der Waals surface area contributed by atoms with Crippen molar-refractivity contribution in [3.05, 3.63) is 64.6 Å². The van der Waals surface area contributed by atoms with Crippen LogP contribution in [0.4, 0.5) is 0 Å². The van der Waals surface area contributed by atoms with Crippen molar-refractivity contribution in [3.63, 3.8) is 0 Å². The molecule has 0 fully saturated rings. The first-order valence-corrected chi connectivity index (χ1v) is 8.14. The first kappa shape index (κ1) is 15.6. The topological polar surface area (TPSA) is 60.7 Å². The fourth-order valence-corrected chi connectivity index (χ4v) is 2.47. The molecular weight excluding hydrogens is 356 g/mol. The predicted octanol–water partition coefficient (Wildman–Crippen LogP) is 3.77. The minimum absolute atomic E-state index is 0.138. The highest BCUT2D eigenvalue weighted by atomic mass is 79.9. The van der Waals surface area contributed by atoms with Crippen molar-refractivity contribution < 1.29 is 4.79 Å². The molecule has 23 heavy (non-hydrogen) atoms. The molecule has 5 nitrogen and oxygen atoms in total. The highest BCUT2D eigenvalue weighted by Gasteiger charge is 2.08. The lowest BCUT2D eigenvalue weighted by Crippen LogP contribution is -2.06. The lowest BCUT2D eigenvalue weighted by Gasteiger charge is -2.00. The zero-order valence-electron chi connectivity index (χ0n) is 12.4. The molecule has 1 aromatic heterocycles. The van der Waals surface area contributed by atoms with Gasteiger partial charge >= 0.3 is 0 Å². The molecule has 0 saturated carbocycles. The highest BCUT2D eigenvalue weighted by molar-refractivity contribution is 9.10. The number of hydrogen-bond acceptors (Lipinski definition) is 4. The zero-order valence-corrected chi connectivity index (χ0v) is 14.0. The zero-order chi connectivity index (χ0) is 16.1.